The van der Waals surface area contributed by atoms with Crippen LogP contribution in [-0.2, 0) is 4.74 Å². The monoisotopic (exact) mass is 473 g/mol. The van der Waals surface area contributed by atoms with Gasteiger partial charge in [-0.25, -0.2) is 0 Å². The molecule has 34 heavy (non-hydrogen) atoms. The highest BCUT2D eigenvalue weighted by Gasteiger charge is 2.43. The minimum atomic E-state index is -0.0132. The van der Waals surface area contributed by atoms with Crippen LogP contribution in [0.2, 0.25) is 0 Å². The summed E-state index contributed by atoms with van der Waals surface area (Å²) >= 11 is 5.93. The van der Waals surface area contributed by atoms with Crippen molar-refractivity contribution in [3.63, 3.8) is 0 Å². The van der Waals surface area contributed by atoms with E-state index < -0.39 is 0 Å². The number of hydrogen-bond acceptors (Lipinski definition) is 4. The molecule has 0 amide bonds. The van der Waals surface area contributed by atoms with Crippen LogP contribution in [0, 0.1) is 13.8 Å². The minimum Gasteiger partial charge on any atom is -0.378 e. The van der Waals surface area contributed by atoms with Crippen molar-refractivity contribution in [3.8, 4) is 0 Å². The molecule has 0 bridgehead atoms. The van der Waals surface area contributed by atoms with Gasteiger partial charge in [-0.15, -0.1) is 0 Å². The molecule has 1 aliphatic carbocycles. The van der Waals surface area contributed by atoms with E-state index in [9.17, 15) is 0 Å². The standard InChI is InChI=1S/C27H31N5OS/c1-18-17-23(19(2)31(18)21-10-11-21)26-25(24-5-3-4-12-28-24)29-27(34)32(26)22-8-6-20(7-9-22)30-13-15-33-16-14-30/h3-9,12,17,21,25-26H,10-11,13-16H2,1-2H3,(H,29,34)/t25-,26+/m0/s1. The average Bonchev–Trinajstić information content (AvgIpc) is 3.58. The zero-order chi connectivity index (χ0) is 23.2. The van der Waals surface area contributed by atoms with Crippen molar-refractivity contribution >= 4 is 28.7 Å². The molecule has 2 saturated heterocycles. The highest BCUT2D eigenvalue weighted by Crippen LogP contribution is 2.46. The first-order valence-electron chi connectivity index (χ1n) is 12.2. The van der Waals surface area contributed by atoms with E-state index in [1.165, 1.54) is 35.5 Å². The summed E-state index contributed by atoms with van der Waals surface area (Å²) in [7, 11) is 0. The lowest BCUT2D eigenvalue weighted by Gasteiger charge is -2.31. The number of rotatable bonds is 5. The number of nitrogens with one attached hydrogen (secondary N) is 1. The molecule has 6 rings (SSSR count). The molecular weight excluding hydrogens is 442 g/mol. The Balaban J connectivity index is 1.40. The number of thiocarbonyl (C=S) groups is 1. The van der Waals surface area contributed by atoms with Crippen molar-refractivity contribution < 1.29 is 4.74 Å². The molecule has 3 aliphatic rings. The number of morpholine rings is 1. The van der Waals surface area contributed by atoms with Crippen LogP contribution < -0.4 is 15.1 Å². The fourth-order valence-electron chi connectivity index (χ4n) is 5.59. The molecule has 2 aromatic heterocycles. The summed E-state index contributed by atoms with van der Waals surface area (Å²) in [5.41, 5.74) is 7.34. The third-order valence-corrected chi connectivity index (χ3v) is 7.67. The number of anilines is 2. The van der Waals surface area contributed by atoms with E-state index in [2.05, 4.69) is 76.0 Å². The van der Waals surface area contributed by atoms with Crippen LogP contribution in [-0.4, -0.2) is 41.0 Å². The van der Waals surface area contributed by atoms with E-state index in [-0.39, 0.29) is 12.1 Å². The lowest BCUT2D eigenvalue weighted by Crippen LogP contribution is -2.36. The van der Waals surface area contributed by atoms with Crippen molar-refractivity contribution in [2.75, 3.05) is 36.1 Å². The molecule has 7 heteroatoms. The van der Waals surface area contributed by atoms with Gasteiger partial charge in [0.2, 0.25) is 0 Å². The van der Waals surface area contributed by atoms with E-state index >= 15 is 0 Å². The number of aromatic nitrogens is 2. The summed E-state index contributed by atoms with van der Waals surface area (Å²) in [4.78, 5) is 9.38. The van der Waals surface area contributed by atoms with Crippen LogP contribution in [0.1, 0.15) is 53.6 Å². The van der Waals surface area contributed by atoms with Gasteiger partial charge < -0.3 is 24.4 Å². The molecule has 0 spiro atoms. The Kier molecular flexibility index (Phi) is 5.54. The van der Waals surface area contributed by atoms with Gasteiger partial charge in [-0.2, -0.15) is 0 Å². The third kappa shape index (κ3) is 3.77. The van der Waals surface area contributed by atoms with Crippen molar-refractivity contribution in [2.24, 2.45) is 0 Å². The Bertz CT molecular complexity index is 1180. The van der Waals surface area contributed by atoms with Crippen molar-refractivity contribution in [1.29, 1.82) is 0 Å². The van der Waals surface area contributed by atoms with E-state index in [0.29, 0.717) is 6.04 Å². The second-order valence-corrected chi connectivity index (χ2v) is 9.93. The Morgan fingerprint density at radius 2 is 1.74 bits per heavy atom. The number of nitrogens with zero attached hydrogens (tertiary/aromatic N) is 4. The number of benzene rings is 1. The lowest BCUT2D eigenvalue weighted by atomic mass is 9.96. The molecule has 3 aromatic rings. The predicted octanol–water partition coefficient (Wildman–Crippen LogP) is 4.85. The van der Waals surface area contributed by atoms with Gasteiger partial charge in [-0.1, -0.05) is 6.07 Å². The maximum absolute atomic E-state index is 5.93. The Hall–Kier alpha value is -2.90. The largest absolute Gasteiger partial charge is 0.378 e. The first-order chi connectivity index (χ1) is 16.6. The molecule has 1 aromatic carbocycles. The maximum atomic E-state index is 5.93. The SMILES string of the molecule is Cc1cc([C@@H]2[C@H](c3ccccn3)NC(=S)N2c2ccc(N3CCOCC3)cc2)c(C)n1C1CC1. The Labute approximate surface area is 206 Å². The highest BCUT2D eigenvalue weighted by atomic mass is 32.1. The van der Waals surface area contributed by atoms with Crippen LogP contribution in [0.3, 0.4) is 0 Å². The molecule has 1 saturated carbocycles. The van der Waals surface area contributed by atoms with Crippen molar-refractivity contribution in [1.82, 2.24) is 14.9 Å². The quantitative estimate of drug-likeness (QED) is 0.535. The minimum absolute atomic E-state index is 0.0132. The number of pyridine rings is 1. The van der Waals surface area contributed by atoms with Gasteiger partial charge in [0.1, 0.15) is 0 Å². The number of hydrogen-bond donors (Lipinski definition) is 1. The summed E-state index contributed by atoms with van der Waals surface area (Å²) in [6.07, 6.45) is 4.41. The molecule has 2 aliphatic heterocycles. The molecule has 0 unspecified atom stereocenters. The van der Waals surface area contributed by atoms with Crippen LogP contribution in [0.5, 0.6) is 0 Å². The number of aryl methyl sites for hydroxylation is 1. The van der Waals surface area contributed by atoms with Gasteiger partial charge in [0.15, 0.2) is 5.11 Å². The van der Waals surface area contributed by atoms with Crippen LogP contribution in [0.4, 0.5) is 11.4 Å². The first kappa shape index (κ1) is 21.6. The van der Waals surface area contributed by atoms with E-state index in [1.54, 1.807) is 0 Å². The molecule has 2 atom stereocenters. The highest BCUT2D eigenvalue weighted by molar-refractivity contribution is 7.80. The second-order valence-electron chi connectivity index (χ2n) is 9.54. The molecule has 1 N–H and O–H groups in total. The molecule has 4 heterocycles. The van der Waals surface area contributed by atoms with E-state index in [0.717, 1.165) is 42.8 Å². The van der Waals surface area contributed by atoms with Gasteiger partial charge in [0.05, 0.1) is 31.0 Å². The smallest absolute Gasteiger partial charge is 0.174 e. The first-order valence-corrected chi connectivity index (χ1v) is 12.6. The number of ether oxygens (including phenoxy) is 1. The van der Waals surface area contributed by atoms with Crippen LogP contribution in [0.25, 0.3) is 0 Å². The Morgan fingerprint density at radius 3 is 2.41 bits per heavy atom. The molecule has 6 nitrogen and oxygen atoms in total. The molecule has 0 radical (unpaired) electrons. The van der Waals surface area contributed by atoms with Gasteiger partial charge in [0, 0.05) is 48.1 Å². The third-order valence-electron chi connectivity index (χ3n) is 7.36. The van der Waals surface area contributed by atoms with Gasteiger partial charge in [0.25, 0.3) is 0 Å². The zero-order valence-electron chi connectivity index (χ0n) is 19.8. The van der Waals surface area contributed by atoms with Crippen LogP contribution >= 0.6 is 12.2 Å². The zero-order valence-corrected chi connectivity index (χ0v) is 20.6. The van der Waals surface area contributed by atoms with E-state index in [4.69, 9.17) is 21.9 Å². The lowest BCUT2D eigenvalue weighted by molar-refractivity contribution is 0.122. The van der Waals surface area contributed by atoms with Gasteiger partial charge in [-0.05, 0) is 86.9 Å². The molecular formula is C27H31N5OS. The average molecular weight is 474 g/mol. The Morgan fingerprint density at radius 1 is 1.00 bits per heavy atom. The second kappa shape index (κ2) is 8.71. The van der Waals surface area contributed by atoms with E-state index in [1.807, 2.05) is 12.3 Å². The maximum Gasteiger partial charge on any atom is 0.174 e. The van der Waals surface area contributed by atoms with Gasteiger partial charge >= 0.3 is 0 Å². The summed E-state index contributed by atoms with van der Waals surface area (Å²) < 4.78 is 8.04. The fraction of sp³-hybridized carbons (Fsp3) is 0.407. The van der Waals surface area contributed by atoms with Crippen molar-refractivity contribution in [2.45, 2.75) is 44.8 Å². The van der Waals surface area contributed by atoms with Crippen LogP contribution in [0.15, 0.2) is 54.7 Å². The molecule has 176 valence electrons. The summed E-state index contributed by atoms with van der Waals surface area (Å²) in [6, 6.07) is 18.0. The topological polar surface area (TPSA) is 45.6 Å². The molecule has 3 fully saturated rings. The summed E-state index contributed by atoms with van der Waals surface area (Å²) in [5, 5.41) is 4.35. The fourth-order valence-corrected chi connectivity index (χ4v) is 5.94. The normalized spacial score (nSPS) is 22.8. The van der Waals surface area contributed by atoms with Crippen molar-refractivity contribution in [3.05, 3.63) is 77.4 Å². The van der Waals surface area contributed by atoms with Gasteiger partial charge in [-0.3, -0.25) is 4.98 Å². The summed E-state index contributed by atoms with van der Waals surface area (Å²) in [6.45, 7) is 7.92. The summed E-state index contributed by atoms with van der Waals surface area (Å²) in [5.74, 6) is 0. The predicted molar refractivity (Wildman–Crippen MR) is 140 cm³/mol.